The zero-order chi connectivity index (χ0) is 15.8. The van der Waals surface area contributed by atoms with Crippen LogP contribution in [-0.2, 0) is 0 Å². The summed E-state index contributed by atoms with van der Waals surface area (Å²) in [4.78, 5) is 21.2. The first-order chi connectivity index (χ1) is 11.2. The van der Waals surface area contributed by atoms with Gasteiger partial charge in [-0.15, -0.1) is 0 Å². The summed E-state index contributed by atoms with van der Waals surface area (Å²) >= 11 is 0. The molecule has 0 fully saturated rings. The van der Waals surface area contributed by atoms with Crippen LogP contribution in [0.25, 0.3) is 16.6 Å². The molecule has 0 aliphatic carbocycles. The first kappa shape index (κ1) is 13.4. The number of nitrogens with zero attached hydrogens (tertiary/aromatic N) is 4. The largest absolute Gasteiger partial charge is 0.319 e. The molecule has 0 radical (unpaired) electrons. The Hall–Kier alpha value is -3.28. The van der Waals surface area contributed by atoms with E-state index in [0.29, 0.717) is 17.0 Å². The summed E-state index contributed by atoms with van der Waals surface area (Å²) in [5, 5.41) is 8.02. The third-order valence-corrected chi connectivity index (χ3v) is 3.65. The van der Waals surface area contributed by atoms with Gasteiger partial charge in [-0.2, -0.15) is 5.10 Å². The van der Waals surface area contributed by atoms with Crippen LogP contribution in [0.1, 0.15) is 16.2 Å². The maximum absolute atomic E-state index is 12.5. The summed E-state index contributed by atoms with van der Waals surface area (Å²) in [6.07, 6.45) is 3.37. The van der Waals surface area contributed by atoms with Gasteiger partial charge in [0.05, 0.1) is 17.4 Å². The molecule has 0 aliphatic heterocycles. The maximum Gasteiger partial charge on any atom is 0.274 e. The van der Waals surface area contributed by atoms with Crippen LogP contribution in [0.5, 0.6) is 0 Å². The topological polar surface area (TPSA) is 72.2 Å². The predicted octanol–water partition coefficient (Wildman–Crippen LogP) is 2.84. The van der Waals surface area contributed by atoms with Crippen molar-refractivity contribution in [3.63, 3.8) is 0 Å². The van der Waals surface area contributed by atoms with Gasteiger partial charge in [-0.05, 0) is 25.1 Å². The van der Waals surface area contributed by atoms with Crippen molar-refractivity contribution < 1.29 is 4.79 Å². The number of aryl methyl sites for hydroxylation is 1. The molecule has 0 unspecified atom stereocenters. The molecule has 1 N–H and O–H groups in total. The van der Waals surface area contributed by atoms with E-state index >= 15 is 0 Å². The Morgan fingerprint density at radius 2 is 2.00 bits per heavy atom. The Bertz CT molecular complexity index is 1030. The van der Waals surface area contributed by atoms with Crippen LogP contribution in [0.4, 0.5) is 5.69 Å². The Balaban J connectivity index is 1.73. The summed E-state index contributed by atoms with van der Waals surface area (Å²) in [6.45, 7) is 1.89. The van der Waals surface area contributed by atoms with E-state index in [-0.39, 0.29) is 5.91 Å². The van der Waals surface area contributed by atoms with E-state index in [1.54, 1.807) is 29.0 Å². The molecule has 3 aromatic heterocycles. The van der Waals surface area contributed by atoms with Crippen molar-refractivity contribution in [2.45, 2.75) is 6.92 Å². The zero-order valence-electron chi connectivity index (χ0n) is 12.4. The van der Waals surface area contributed by atoms with E-state index in [4.69, 9.17) is 0 Å². The number of anilines is 1. The Morgan fingerprint density at radius 3 is 2.91 bits per heavy atom. The molecule has 112 valence electrons. The third kappa shape index (κ3) is 2.30. The van der Waals surface area contributed by atoms with Gasteiger partial charge in [0.2, 0.25) is 0 Å². The molecule has 0 bridgehead atoms. The molecule has 0 spiro atoms. The number of para-hydroxylation sites is 1. The van der Waals surface area contributed by atoms with Gasteiger partial charge in [0.25, 0.3) is 5.91 Å². The van der Waals surface area contributed by atoms with Crippen LogP contribution >= 0.6 is 0 Å². The van der Waals surface area contributed by atoms with Crippen molar-refractivity contribution in [1.82, 2.24) is 19.6 Å². The second-order valence-electron chi connectivity index (χ2n) is 5.22. The first-order valence-electron chi connectivity index (χ1n) is 7.19. The average Bonchev–Trinajstić information content (AvgIpc) is 3.04. The molecule has 0 saturated heterocycles. The van der Waals surface area contributed by atoms with Crippen LogP contribution in [0.15, 0.2) is 54.9 Å². The van der Waals surface area contributed by atoms with Crippen LogP contribution in [-0.4, -0.2) is 25.5 Å². The fourth-order valence-electron chi connectivity index (χ4n) is 2.58. The zero-order valence-corrected chi connectivity index (χ0v) is 12.4. The van der Waals surface area contributed by atoms with Crippen molar-refractivity contribution in [1.29, 1.82) is 0 Å². The van der Waals surface area contributed by atoms with Crippen LogP contribution < -0.4 is 5.32 Å². The van der Waals surface area contributed by atoms with Gasteiger partial charge in [0.1, 0.15) is 5.69 Å². The summed E-state index contributed by atoms with van der Waals surface area (Å²) in [7, 11) is 0. The fourth-order valence-corrected chi connectivity index (χ4v) is 2.58. The fraction of sp³-hybridized carbons (Fsp3) is 0.0588. The molecule has 6 heteroatoms. The van der Waals surface area contributed by atoms with E-state index in [1.165, 1.54) is 0 Å². The molecule has 1 amide bonds. The summed E-state index contributed by atoms with van der Waals surface area (Å²) in [5.41, 5.74) is 3.27. The monoisotopic (exact) mass is 303 g/mol. The third-order valence-electron chi connectivity index (χ3n) is 3.65. The smallest absolute Gasteiger partial charge is 0.274 e. The normalized spacial score (nSPS) is 11.0. The summed E-state index contributed by atoms with van der Waals surface area (Å²) in [6, 6.07) is 13.0. The van der Waals surface area contributed by atoms with Crippen LogP contribution in [0.2, 0.25) is 0 Å². The number of hydrogen-bond donors (Lipinski definition) is 1. The second-order valence-corrected chi connectivity index (χ2v) is 5.22. The van der Waals surface area contributed by atoms with Gasteiger partial charge in [-0.25, -0.2) is 9.50 Å². The number of amides is 1. The molecule has 23 heavy (non-hydrogen) atoms. The molecule has 3 heterocycles. The van der Waals surface area contributed by atoms with Crippen LogP contribution in [0, 0.1) is 6.92 Å². The standard InChI is InChI=1S/C17H13N5O/c1-11-10-14(20-15-7-9-19-22(11)15)17(23)21-13-6-2-4-12-5-3-8-18-16(12)13/h2-10H,1H3,(H,21,23). The van der Waals surface area contributed by atoms with Crippen molar-refractivity contribution in [2.75, 3.05) is 5.32 Å². The van der Waals surface area contributed by atoms with Gasteiger partial charge in [-0.3, -0.25) is 9.78 Å². The highest BCUT2D eigenvalue weighted by atomic mass is 16.1. The number of carbonyl (C=O) groups excluding carboxylic acids is 1. The van der Waals surface area contributed by atoms with Crippen molar-refractivity contribution in [2.24, 2.45) is 0 Å². The average molecular weight is 303 g/mol. The quantitative estimate of drug-likeness (QED) is 0.618. The van der Waals surface area contributed by atoms with Gasteiger partial charge in [-0.1, -0.05) is 18.2 Å². The second kappa shape index (κ2) is 5.17. The predicted molar refractivity (Wildman–Crippen MR) is 87.4 cm³/mol. The van der Waals surface area contributed by atoms with E-state index in [1.807, 2.05) is 37.3 Å². The van der Waals surface area contributed by atoms with Crippen LogP contribution in [0.3, 0.4) is 0 Å². The lowest BCUT2D eigenvalue weighted by molar-refractivity contribution is 0.102. The molecule has 0 aliphatic rings. The lowest BCUT2D eigenvalue weighted by Gasteiger charge is -2.08. The first-order valence-corrected chi connectivity index (χ1v) is 7.19. The minimum atomic E-state index is -0.269. The number of hydrogen-bond acceptors (Lipinski definition) is 4. The minimum absolute atomic E-state index is 0.269. The van der Waals surface area contributed by atoms with Gasteiger partial charge in [0.15, 0.2) is 5.65 Å². The highest BCUT2D eigenvalue weighted by Crippen LogP contribution is 2.21. The Morgan fingerprint density at radius 1 is 1.13 bits per heavy atom. The van der Waals surface area contributed by atoms with Gasteiger partial charge in [0, 0.05) is 23.3 Å². The molecule has 0 saturated carbocycles. The lowest BCUT2D eigenvalue weighted by atomic mass is 10.2. The SMILES string of the molecule is Cc1cc(C(=O)Nc2cccc3cccnc23)nc2ccnn12. The van der Waals surface area contributed by atoms with Crippen molar-refractivity contribution in [3.8, 4) is 0 Å². The number of fused-ring (bicyclic) bond motifs is 2. The molecule has 4 rings (SSSR count). The summed E-state index contributed by atoms with van der Waals surface area (Å²) in [5.74, 6) is -0.269. The van der Waals surface area contributed by atoms with Crippen molar-refractivity contribution >= 4 is 28.1 Å². The van der Waals surface area contributed by atoms with E-state index in [2.05, 4.69) is 20.4 Å². The Kier molecular flexibility index (Phi) is 3.01. The lowest BCUT2D eigenvalue weighted by Crippen LogP contribution is -2.15. The molecule has 0 atom stereocenters. The van der Waals surface area contributed by atoms with Crippen molar-refractivity contribution in [3.05, 3.63) is 66.2 Å². The van der Waals surface area contributed by atoms with E-state index in [9.17, 15) is 4.79 Å². The molecular formula is C17H13N5O. The molecule has 4 aromatic rings. The number of aromatic nitrogens is 4. The summed E-state index contributed by atoms with van der Waals surface area (Å²) < 4.78 is 1.69. The molecule has 6 nitrogen and oxygen atoms in total. The Labute approximate surface area is 131 Å². The van der Waals surface area contributed by atoms with Gasteiger partial charge < -0.3 is 5.32 Å². The number of benzene rings is 1. The maximum atomic E-state index is 12.5. The number of rotatable bonds is 2. The molecule has 1 aromatic carbocycles. The number of carbonyl (C=O) groups is 1. The number of pyridine rings is 1. The molecular weight excluding hydrogens is 290 g/mol. The van der Waals surface area contributed by atoms with E-state index < -0.39 is 0 Å². The highest BCUT2D eigenvalue weighted by Gasteiger charge is 2.13. The minimum Gasteiger partial charge on any atom is -0.319 e. The van der Waals surface area contributed by atoms with Gasteiger partial charge >= 0.3 is 0 Å². The van der Waals surface area contributed by atoms with E-state index in [0.717, 1.165) is 16.6 Å². The number of nitrogens with one attached hydrogen (secondary N) is 1. The highest BCUT2D eigenvalue weighted by molar-refractivity contribution is 6.07.